The van der Waals surface area contributed by atoms with Crippen molar-refractivity contribution in [2.75, 3.05) is 26.5 Å². The smallest absolute Gasteiger partial charge is 0.310 e. The third-order valence-corrected chi connectivity index (χ3v) is 3.11. The molecule has 5 heteroatoms. The van der Waals surface area contributed by atoms with E-state index in [1.807, 2.05) is 0 Å². The molecule has 70 valence electrons. The molecule has 12 heavy (non-hydrogen) atoms. The first-order chi connectivity index (χ1) is 5.65. The average Bonchev–Trinajstić information content (AvgIpc) is 2.51. The minimum Gasteiger partial charge on any atom is -0.469 e. The normalized spacial score (nSPS) is 27.0. The lowest BCUT2D eigenvalue weighted by Gasteiger charge is -2.10. The van der Waals surface area contributed by atoms with Crippen molar-refractivity contribution in [2.45, 2.75) is 6.42 Å². The zero-order valence-electron chi connectivity index (χ0n) is 7.28. The van der Waals surface area contributed by atoms with Crippen molar-refractivity contribution in [2.24, 2.45) is 5.92 Å². The molecule has 4 nitrogen and oxygen atoms in total. The molecule has 1 rings (SSSR count). The van der Waals surface area contributed by atoms with E-state index in [2.05, 4.69) is 4.74 Å². The summed E-state index contributed by atoms with van der Waals surface area (Å²) in [5, 5.41) is 0. The van der Waals surface area contributed by atoms with Crippen LogP contribution in [0.5, 0.6) is 0 Å². The third-order valence-electron chi connectivity index (χ3n) is 2.05. The molecule has 0 saturated carbocycles. The van der Waals surface area contributed by atoms with Gasteiger partial charge < -0.3 is 4.74 Å². The molecule has 0 spiro atoms. The van der Waals surface area contributed by atoms with Crippen LogP contribution in [0.4, 0.5) is 0 Å². The van der Waals surface area contributed by atoms with Crippen LogP contribution in [0.1, 0.15) is 6.42 Å². The standard InChI is InChI=1S/C7H13NO3S/c1-11-7(9)6-3-4-8(5-6)12(2)10/h6H,3-5H2,1-2H3. The number of carbonyl (C=O) groups excluding carboxylic acids is 1. The summed E-state index contributed by atoms with van der Waals surface area (Å²) in [5.41, 5.74) is 0. The number of hydrogen-bond donors (Lipinski definition) is 0. The first-order valence-electron chi connectivity index (χ1n) is 3.81. The van der Waals surface area contributed by atoms with E-state index in [9.17, 15) is 9.00 Å². The first-order valence-corrected chi connectivity index (χ1v) is 5.33. The Morgan fingerprint density at radius 2 is 2.33 bits per heavy atom. The van der Waals surface area contributed by atoms with E-state index in [1.54, 1.807) is 10.6 Å². The molecule has 1 aliphatic heterocycles. The second kappa shape index (κ2) is 4.00. The van der Waals surface area contributed by atoms with E-state index < -0.39 is 11.0 Å². The Bertz CT molecular complexity index is 207. The fourth-order valence-corrected chi connectivity index (χ4v) is 2.07. The third kappa shape index (κ3) is 2.04. The fourth-order valence-electron chi connectivity index (χ4n) is 1.32. The van der Waals surface area contributed by atoms with Crippen LogP contribution in [0.2, 0.25) is 0 Å². The molecule has 2 atom stereocenters. The number of rotatable bonds is 2. The summed E-state index contributed by atoms with van der Waals surface area (Å²) >= 11 is 0. The van der Waals surface area contributed by atoms with Gasteiger partial charge in [0.05, 0.1) is 24.0 Å². The number of hydrogen-bond acceptors (Lipinski definition) is 3. The van der Waals surface area contributed by atoms with Crippen LogP contribution in [0.3, 0.4) is 0 Å². The van der Waals surface area contributed by atoms with Crippen LogP contribution < -0.4 is 0 Å². The summed E-state index contributed by atoms with van der Waals surface area (Å²) in [5.74, 6) is -0.276. The Morgan fingerprint density at radius 1 is 1.67 bits per heavy atom. The van der Waals surface area contributed by atoms with Crippen LogP contribution in [-0.2, 0) is 20.5 Å². The van der Waals surface area contributed by atoms with E-state index in [1.165, 1.54) is 7.11 Å². The molecule has 0 N–H and O–H groups in total. The minimum absolute atomic E-state index is 0.0844. The Kier molecular flexibility index (Phi) is 3.22. The average molecular weight is 191 g/mol. The topological polar surface area (TPSA) is 46.6 Å². The van der Waals surface area contributed by atoms with E-state index in [0.29, 0.717) is 6.54 Å². The van der Waals surface area contributed by atoms with Gasteiger partial charge in [-0.2, -0.15) is 0 Å². The molecule has 1 fully saturated rings. The Hall–Kier alpha value is -0.420. The van der Waals surface area contributed by atoms with Crippen molar-refractivity contribution in [1.82, 2.24) is 4.31 Å². The van der Waals surface area contributed by atoms with Gasteiger partial charge >= 0.3 is 5.97 Å². The number of nitrogens with zero attached hydrogens (tertiary/aromatic N) is 1. The Morgan fingerprint density at radius 3 is 2.75 bits per heavy atom. The van der Waals surface area contributed by atoms with E-state index in [0.717, 1.165) is 13.0 Å². The van der Waals surface area contributed by atoms with Gasteiger partial charge in [0.15, 0.2) is 0 Å². The molecular formula is C7H13NO3S. The Balaban J connectivity index is 2.45. The van der Waals surface area contributed by atoms with Gasteiger partial charge in [0.25, 0.3) is 0 Å². The highest BCUT2D eigenvalue weighted by molar-refractivity contribution is 7.81. The molecule has 0 aromatic carbocycles. The van der Waals surface area contributed by atoms with Crippen molar-refractivity contribution in [1.29, 1.82) is 0 Å². The van der Waals surface area contributed by atoms with Gasteiger partial charge in [0, 0.05) is 19.3 Å². The van der Waals surface area contributed by atoms with Crippen molar-refractivity contribution in [3.8, 4) is 0 Å². The summed E-state index contributed by atoms with van der Waals surface area (Å²) in [7, 11) is 0.428. The monoisotopic (exact) mass is 191 g/mol. The highest BCUT2D eigenvalue weighted by Crippen LogP contribution is 2.17. The fraction of sp³-hybridized carbons (Fsp3) is 0.857. The predicted octanol–water partition coefficient (Wildman–Crippen LogP) is -0.225. The van der Waals surface area contributed by atoms with Gasteiger partial charge in [-0.1, -0.05) is 0 Å². The number of esters is 1. The Labute approximate surface area is 74.5 Å². The number of carbonyl (C=O) groups is 1. The molecule has 0 radical (unpaired) electrons. The first kappa shape index (κ1) is 9.67. The highest BCUT2D eigenvalue weighted by Gasteiger charge is 2.30. The van der Waals surface area contributed by atoms with Crippen molar-refractivity contribution in [3.63, 3.8) is 0 Å². The maximum absolute atomic E-state index is 11.0. The van der Waals surface area contributed by atoms with E-state index >= 15 is 0 Å². The highest BCUT2D eigenvalue weighted by atomic mass is 32.2. The minimum atomic E-state index is -0.955. The summed E-state index contributed by atoms with van der Waals surface area (Å²) in [6, 6.07) is 0. The van der Waals surface area contributed by atoms with Crippen molar-refractivity contribution < 1.29 is 13.7 Å². The molecule has 2 unspecified atom stereocenters. The van der Waals surface area contributed by atoms with Crippen molar-refractivity contribution in [3.05, 3.63) is 0 Å². The lowest BCUT2D eigenvalue weighted by Crippen LogP contribution is -2.25. The molecule has 0 bridgehead atoms. The molecule has 0 aromatic heterocycles. The maximum Gasteiger partial charge on any atom is 0.310 e. The second-order valence-corrected chi connectivity index (χ2v) is 4.18. The van der Waals surface area contributed by atoms with Gasteiger partial charge in [-0.25, -0.2) is 8.51 Å². The zero-order chi connectivity index (χ0) is 9.14. The molecular weight excluding hydrogens is 178 g/mol. The molecule has 0 aromatic rings. The largest absolute Gasteiger partial charge is 0.469 e. The molecule has 0 aliphatic carbocycles. The van der Waals surface area contributed by atoms with Gasteiger partial charge in [-0.15, -0.1) is 0 Å². The zero-order valence-corrected chi connectivity index (χ0v) is 8.10. The van der Waals surface area contributed by atoms with Crippen LogP contribution in [0, 0.1) is 5.92 Å². The lowest BCUT2D eigenvalue weighted by atomic mass is 10.1. The molecule has 1 heterocycles. The van der Waals surface area contributed by atoms with Gasteiger partial charge in [0.2, 0.25) is 0 Å². The summed E-state index contributed by atoms with van der Waals surface area (Å²) in [6.07, 6.45) is 2.38. The van der Waals surface area contributed by atoms with Gasteiger partial charge in [-0.3, -0.25) is 4.79 Å². The van der Waals surface area contributed by atoms with Crippen LogP contribution >= 0.6 is 0 Å². The maximum atomic E-state index is 11.0. The summed E-state index contributed by atoms with van der Waals surface area (Å²) in [6.45, 7) is 1.29. The van der Waals surface area contributed by atoms with Crippen LogP contribution in [0.25, 0.3) is 0 Å². The number of ether oxygens (including phenoxy) is 1. The van der Waals surface area contributed by atoms with Crippen LogP contribution in [-0.4, -0.2) is 40.9 Å². The van der Waals surface area contributed by atoms with E-state index in [4.69, 9.17) is 0 Å². The molecule has 1 aliphatic rings. The van der Waals surface area contributed by atoms with Crippen molar-refractivity contribution >= 4 is 17.0 Å². The second-order valence-electron chi connectivity index (χ2n) is 2.82. The summed E-state index contributed by atoms with van der Waals surface area (Å²) < 4.78 is 17.4. The predicted molar refractivity (Wildman–Crippen MR) is 45.8 cm³/mol. The number of methoxy groups -OCH3 is 1. The van der Waals surface area contributed by atoms with E-state index in [-0.39, 0.29) is 11.9 Å². The molecule has 1 saturated heterocycles. The quantitative estimate of drug-likeness (QED) is 0.567. The summed E-state index contributed by atoms with van der Waals surface area (Å²) in [4.78, 5) is 11.0. The van der Waals surface area contributed by atoms with Gasteiger partial charge in [-0.05, 0) is 6.42 Å². The van der Waals surface area contributed by atoms with Gasteiger partial charge in [0.1, 0.15) is 0 Å². The molecule has 0 amide bonds. The SMILES string of the molecule is COC(=O)C1CCN(S(C)=O)C1. The van der Waals surface area contributed by atoms with Crippen LogP contribution in [0.15, 0.2) is 0 Å². The lowest BCUT2D eigenvalue weighted by molar-refractivity contribution is -0.144.